The lowest BCUT2D eigenvalue weighted by molar-refractivity contribution is 0.0438. The molecule has 2 aliphatic heterocycles. The molecular weight excluding hydrogens is 407 g/mol. The van der Waals surface area contributed by atoms with Crippen molar-refractivity contribution in [3.63, 3.8) is 0 Å². The molecule has 0 radical (unpaired) electrons. The number of hydrogen-bond acceptors (Lipinski definition) is 3. The molecule has 3 aromatic rings. The van der Waals surface area contributed by atoms with Gasteiger partial charge in [-0.2, -0.15) is 5.10 Å². The van der Waals surface area contributed by atoms with Gasteiger partial charge in [0.15, 0.2) is 0 Å². The third-order valence-electron chi connectivity index (χ3n) is 7.88. The van der Waals surface area contributed by atoms with Crippen LogP contribution in [0.5, 0.6) is 0 Å². The van der Waals surface area contributed by atoms with Crippen molar-refractivity contribution in [1.29, 1.82) is 0 Å². The summed E-state index contributed by atoms with van der Waals surface area (Å²) in [6.45, 7) is 8.66. The SMILES string of the molecule is Cc1cc2c(cnn2-c2ccc(F)cc2)cc1[C@@]12CN(C(=O)N3CCOCC3)C[C@@H]1[C@H]2C. The molecule has 1 aliphatic carbocycles. The molecule has 0 N–H and O–H groups in total. The minimum absolute atomic E-state index is 0.0260. The van der Waals surface area contributed by atoms with Gasteiger partial charge in [0.2, 0.25) is 0 Å². The molecule has 3 fully saturated rings. The van der Waals surface area contributed by atoms with Crippen LogP contribution in [0.2, 0.25) is 0 Å². The summed E-state index contributed by atoms with van der Waals surface area (Å²) in [6, 6.07) is 11.0. The lowest BCUT2D eigenvalue weighted by atomic mass is 9.88. The van der Waals surface area contributed by atoms with E-state index in [9.17, 15) is 9.18 Å². The van der Waals surface area contributed by atoms with Crippen molar-refractivity contribution < 1.29 is 13.9 Å². The highest BCUT2D eigenvalue weighted by Gasteiger charge is 2.68. The van der Waals surface area contributed by atoms with Crippen LogP contribution >= 0.6 is 0 Å². The minimum atomic E-state index is -0.256. The summed E-state index contributed by atoms with van der Waals surface area (Å²) in [4.78, 5) is 17.1. The van der Waals surface area contributed by atoms with E-state index in [1.54, 1.807) is 12.1 Å². The molecule has 6 rings (SSSR count). The predicted octanol–water partition coefficient (Wildman–Crippen LogP) is 3.74. The Labute approximate surface area is 186 Å². The van der Waals surface area contributed by atoms with Crippen molar-refractivity contribution in [3.05, 3.63) is 59.5 Å². The maximum atomic E-state index is 13.4. The van der Waals surface area contributed by atoms with Crippen molar-refractivity contribution >= 4 is 16.9 Å². The Bertz CT molecular complexity index is 1200. The van der Waals surface area contributed by atoms with E-state index in [0.717, 1.165) is 29.7 Å². The first kappa shape index (κ1) is 19.7. The molecule has 2 amide bonds. The van der Waals surface area contributed by atoms with Crippen molar-refractivity contribution in [2.24, 2.45) is 11.8 Å². The van der Waals surface area contributed by atoms with E-state index in [1.165, 1.54) is 23.3 Å². The number of carbonyl (C=O) groups is 1. The van der Waals surface area contributed by atoms with Gasteiger partial charge in [-0.15, -0.1) is 0 Å². The summed E-state index contributed by atoms with van der Waals surface area (Å²) < 4.78 is 20.6. The van der Waals surface area contributed by atoms with Crippen LogP contribution in [0.3, 0.4) is 0 Å². The molecule has 3 atom stereocenters. The number of benzene rings is 2. The molecule has 0 bridgehead atoms. The molecule has 166 valence electrons. The second-order valence-corrected chi connectivity index (χ2v) is 9.46. The van der Waals surface area contributed by atoms with Crippen LogP contribution in [0.25, 0.3) is 16.6 Å². The first-order valence-electron chi connectivity index (χ1n) is 11.4. The van der Waals surface area contributed by atoms with Crippen molar-refractivity contribution in [3.8, 4) is 5.69 Å². The van der Waals surface area contributed by atoms with E-state index in [2.05, 4.69) is 31.1 Å². The molecule has 3 aliphatic rings. The van der Waals surface area contributed by atoms with Crippen LogP contribution in [-0.2, 0) is 10.2 Å². The van der Waals surface area contributed by atoms with E-state index in [-0.39, 0.29) is 17.3 Å². The monoisotopic (exact) mass is 434 g/mol. The number of fused-ring (bicyclic) bond motifs is 2. The number of halogens is 1. The Hall–Kier alpha value is -2.93. The zero-order valence-electron chi connectivity index (χ0n) is 18.4. The standard InChI is InChI=1S/C25H27FN4O2/c1-16-11-23-18(13-27-30(23)20-5-3-19(26)4-6-20)12-21(16)25-15-29(14-22(25)17(25)2)24(31)28-7-9-32-10-8-28/h3-6,11-13,17,22H,7-10,14-15H2,1-2H3/t17-,22-,25+/m1/s1. The van der Waals surface area contributed by atoms with Gasteiger partial charge in [0.05, 0.1) is 30.6 Å². The van der Waals surface area contributed by atoms with Crippen LogP contribution < -0.4 is 0 Å². The zero-order valence-corrected chi connectivity index (χ0v) is 18.4. The van der Waals surface area contributed by atoms with Crippen LogP contribution in [0.1, 0.15) is 18.1 Å². The Kier molecular flexibility index (Phi) is 4.34. The first-order chi connectivity index (χ1) is 15.5. The number of rotatable bonds is 2. The number of likely N-dealkylation sites (tertiary alicyclic amines) is 1. The highest BCUT2D eigenvalue weighted by Crippen LogP contribution is 2.64. The summed E-state index contributed by atoms with van der Waals surface area (Å²) in [5.41, 5.74) is 4.43. The van der Waals surface area contributed by atoms with Crippen LogP contribution in [0.15, 0.2) is 42.6 Å². The number of ether oxygens (including phenoxy) is 1. The lowest BCUT2D eigenvalue weighted by Crippen LogP contribution is -2.48. The number of piperidine rings is 1. The van der Waals surface area contributed by atoms with E-state index in [4.69, 9.17) is 4.74 Å². The molecule has 2 aromatic carbocycles. The van der Waals surface area contributed by atoms with Crippen LogP contribution in [0.4, 0.5) is 9.18 Å². The van der Waals surface area contributed by atoms with Gasteiger partial charge >= 0.3 is 6.03 Å². The quantitative estimate of drug-likeness (QED) is 0.617. The van der Waals surface area contributed by atoms with Crippen LogP contribution in [0, 0.1) is 24.6 Å². The molecular formula is C25H27FN4O2. The summed E-state index contributed by atoms with van der Waals surface area (Å²) >= 11 is 0. The molecule has 1 aromatic heterocycles. The van der Waals surface area contributed by atoms with Gasteiger partial charge in [-0.1, -0.05) is 6.92 Å². The van der Waals surface area contributed by atoms with Gasteiger partial charge in [-0.25, -0.2) is 13.9 Å². The summed E-state index contributed by atoms with van der Waals surface area (Å²) in [5.74, 6) is 0.796. The van der Waals surface area contributed by atoms with Crippen molar-refractivity contribution in [2.45, 2.75) is 19.3 Å². The fourth-order valence-corrected chi connectivity index (χ4v) is 6.02. The summed E-state index contributed by atoms with van der Waals surface area (Å²) in [7, 11) is 0. The highest BCUT2D eigenvalue weighted by atomic mass is 19.1. The molecule has 6 nitrogen and oxygen atoms in total. The number of urea groups is 1. The molecule has 3 heterocycles. The maximum Gasteiger partial charge on any atom is 0.320 e. The Balaban J connectivity index is 1.32. The largest absolute Gasteiger partial charge is 0.378 e. The molecule has 32 heavy (non-hydrogen) atoms. The van der Waals surface area contributed by atoms with E-state index < -0.39 is 0 Å². The zero-order chi connectivity index (χ0) is 22.0. The fraction of sp³-hybridized carbons (Fsp3) is 0.440. The Morgan fingerprint density at radius 3 is 2.66 bits per heavy atom. The van der Waals surface area contributed by atoms with Crippen LogP contribution in [-0.4, -0.2) is 65.0 Å². The van der Waals surface area contributed by atoms with Gasteiger partial charge < -0.3 is 14.5 Å². The van der Waals surface area contributed by atoms with E-state index in [0.29, 0.717) is 38.1 Å². The highest BCUT2D eigenvalue weighted by molar-refractivity contribution is 5.83. The molecule has 1 saturated carbocycles. The first-order valence-corrected chi connectivity index (χ1v) is 11.4. The van der Waals surface area contributed by atoms with E-state index in [1.807, 2.05) is 20.7 Å². The topological polar surface area (TPSA) is 50.6 Å². The number of aromatic nitrogens is 2. The lowest BCUT2D eigenvalue weighted by Gasteiger charge is -2.33. The van der Waals surface area contributed by atoms with E-state index >= 15 is 0 Å². The smallest absolute Gasteiger partial charge is 0.320 e. The van der Waals surface area contributed by atoms with Gasteiger partial charge in [-0.3, -0.25) is 0 Å². The van der Waals surface area contributed by atoms with Gasteiger partial charge in [0.1, 0.15) is 5.82 Å². The molecule has 0 unspecified atom stereocenters. The third kappa shape index (κ3) is 2.80. The number of hydrogen-bond donors (Lipinski definition) is 0. The molecule has 0 spiro atoms. The average Bonchev–Trinajstić information content (AvgIpc) is 3.16. The number of nitrogens with zero attached hydrogens (tertiary/aromatic N) is 4. The summed E-state index contributed by atoms with van der Waals surface area (Å²) in [5, 5.41) is 5.64. The van der Waals surface area contributed by atoms with Crippen molar-refractivity contribution in [1.82, 2.24) is 19.6 Å². The van der Waals surface area contributed by atoms with Gasteiger partial charge in [0.25, 0.3) is 0 Å². The van der Waals surface area contributed by atoms with Gasteiger partial charge in [0, 0.05) is 37.0 Å². The minimum Gasteiger partial charge on any atom is -0.378 e. The molecule has 2 saturated heterocycles. The number of morpholine rings is 1. The fourth-order valence-electron chi connectivity index (χ4n) is 6.02. The maximum absolute atomic E-state index is 13.4. The number of carbonyl (C=O) groups excluding carboxylic acids is 1. The molecule has 7 heteroatoms. The van der Waals surface area contributed by atoms with Gasteiger partial charge in [-0.05, 0) is 66.3 Å². The third-order valence-corrected chi connectivity index (χ3v) is 7.88. The summed E-state index contributed by atoms with van der Waals surface area (Å²) in [6.07, 6.45) is 1.88. The second-order valence-electron chi connectivity index (χ2n) is 9.46. The normalized spacial score (nSPS) is 27.1. The Morgan fingerprint density at radius 1 is 1.16 bits per heavy atom. The van der Waals surface area contributed by atoms with Crippen molar-refractivity contribution in [2.75, 3.05) is 39.4 Å². The number of aryl methyl sites for hydroxylation is 1. The Morgan fingerprint density at radius 2 is 1.91 bits per heavy atom. The second kappa shape index (κ2) is 7.04. The average molecular weight is 435 g/mol. The number of amides is 2. The predicted molar refractivity (Wildman–Crippen MR) is 119 cm³/mol.